The first-order chi connectivity index (χ1) is 12.7. The highest BCUT2D eigenvalue weighted by molar-refractivity contribution is 5.93. The zero-order valence-corrected chi connectivity index (χ0v) is 16.6. The lowest BCUT2D eigenvalue weighted by atomic mass is 10.0. The van der Waals surface area contributed by atoms with Gasteiger partial charge in [0.25, 0.3) is 0 Å². The molecule has 0 aromatic heterocycles. The molecule has 1 fully saturated rings. The van der Waals surface area contributed by atoms with Crippen molar-refractivity contribution in [3.63, 3.8) is 0 Å². The lowest BCUT2D eigenvalue weighted by Gasteiger charge is -2.36. The molecule has 2 heterocycles. The van der Waals surface area contributed by atoms with Crippen molar-refractivity contribution in [1.82, 2.24) is 4.90 Å². The van der Waals surface area contributed by atoms with Crippen molar-refractivity contribution in [2.75, 3.05) is 37.6 Å². The van der Waals surface area contributed by atoms with Gasteiger partial charge in [0, 0.05) is 37.4 Å². The van der Waals surface area contributed by atoms with Crippen molar-refractivity contribution < 1.29 is 9.53 Å². The number of hydrogen-bond donors (Lipinski definition) is 0. The molecule has 0 aliphatic carbocycles. The molecule has 2 aliphatic rings. The number of cyclic esters (lactones) is 1. The Morgan fingerprint density at radius 2 is 1.70 bits per heavy atom. The number of carbonyl (C=O) groups is 1. The van der Waals surface area contributed by atoms with E-state index in [1.807, 2.05) is 24.3 Å². The first-order valence-corrected chi connectivity index (χ1v) is 9.54. The molecule has 0 spiro atoms. The predicted octanol–water partition coefficient (Wildman–Crippen LogP) is 4.23. The zero-order chi connectivity index (χ0) is 17.9. The van der Waals surface area contributed by atoms with Crippen LogP contribution in [-0.4, -0.2) is 43.6 Å². The molecule has 4 rings (SSSR count). The molecule has 2 aliphatic heterocycles. The Bertz CT molecular complexity index is 770. The van der Waals surface area contributed by atoms with Gasteiger partial charge in [-0.25, -0.2) is 4.79 Å². The summed E-state index contributed by atoms with van der Waals surface area (Å²) in [6, 6.07) is 16.6. The van der Waals surface area contributed by atoms with Crippen LogP contribution >= 0.6 is 12.4 Å². The Labute approximate surface area is 167 Å². The minimum atomic E-state index is -0.169. The van der Waals surface area contributed by atoms with Crippen molar-refractivity contribution >= 4 is 24.1 Å². The van der Waals surface area contributed by atoms with Crippen molar-refractivity contribution in [3.8, 4) is 0 Å². The second kappa shape index (κ2) is 8.77. The molecule has 1 unspecified atom stereocenters. The van der Waals surface area contributed by atoms with Crippen molar-refractivity contribution in [3.05, 3.63) is 65.2 Å². The highest BCUT2D eigenvalue weighted by Crippen LogP contribution is 2.33. The third-order valence-corrected chi connectivity index (χ3v) is 5.49. The third-order valence-electron chi connectivity index (χ3n) is 5.49. The van der Waals surface area contributed by atoms with E-state index >= 15 is 0 Å². The number of ether oxygens (including phenoxy) is 1. The smallest absolute Gasteiger partial charge is 0.339 e. The second-order valence-corrected chi connectivity index (χ2v) is 7.29. The van der Waals surface area contributed by atoms with Gasteiger partial charge >= 0.3 is 5.97 Å². The highest BCUT2D eigenvalue weighted by atomic mass is 35.5. The summed E-state index contributed by atoms with van der Waals surface area (Å²) < 4.78 is 5.54. The molecule has 2 aromatic rings. The predicted molar refractivity (Wildman–Crippen MR) is 111 cm³/mol. The number of rotatable bonds is 5. The van der Waals surface area contributed by atoms with Crippen LogP contribution in [0.1, 0.15) is 40.4 Å². The number of hydrogen-bond acceptors (Lipinski definition) is 4. The van der Waals surface area contributed by atoms with Gasteiger partial charge < -0.3 is 9.64 Å². The van der Waals surface area contributed by atoms with Crippen LogP contribution in [0.4, 0.5) is 5.69 Å². The average molecular weight is 387 g/mol. The largest absolute Gasteiger partial charge is 0.454 e. The molecule has 144 valence electrons. The molecule has 2 aromatic carbocycles. The number of anilines is 1. The maximum absolute atomic E-state index is 11.9. The standard InChI is InChI=1S/C22H26N2O2.ClH/c1-17-8-10-18(11-9-17)24-15-13-23(14-16-24)12-4-7-21-19-5-2-3-6-20(19)22(25)26-21;/h2-3,5-6,8-11,21H,4,7,12-16H2,1H3;1H. The summed E-state index contributed by atoms with van der Waals surface area (Å²) in [5.74, 6) is -0.169. The van der Waals surface area contributed by atoms with E-state index in [1.54, 1.807) is 0 Å². The number of aryl methyl sites for hydroxylation is 1. The van der Waals surface area contributed by atoms with Crippen molar-refractivity contribution in [1.29, 1.82) is 0 Å². The molecule has 1 atom stereocenters. The van der Waals surface area contributed by atoms with Gasteiger partial charge in [0.15, 0.2) is 0 Å². The SMILES string of the molecule is Cc1ccc(N2CCN(CCCC3OC(=O)c4ccccc43)CC2)cc1.Cl. The number of fused-ring (bicyclic) bond motifs is 1. The topological polar surface area (TPSA) is 32.8 Å². The van der Waals surface area contributed by atoms with E-state index in [2.05, 4.69) is 41.0 Å². The Kier molecular flexibility index (Phi) is 6.40. The molecule has 0 amide bonds. The number of benzene rings is 2. The van der Waals surface area contributed by atoms with Crippen molar-refractivity contribution in [2.24, 2.45) is 0 Å². The fraction of sp³-hybridized carbons (Fsp3) is 0.409. The van der Waals surface area contributed by atoms with E-state index in [1.165, 1.54) is 11.3 Å². The number of esters is 1. The third kappa shape index (κ3) is 4.45. The Hall–Kier alpha value is -2.04. The van der Waals surface area contributed by atoms with Gasteiger partial charge in [0.2, 0.25) is 0 Å². The van der Waals surface area contributed by atoms with E-state index in [-0.39, 0.29) is 24.5 Å². The van der Waals surface area contributed by atoms with Crippen molar-refractivity contribution in [2.45, 2.75) is 25.9 Å². The summed E-state index contributed by atoms with van der Waals surface area (Å²) in [6.45, 7) is 7.53. The van der Waals surface area contributed by atoms with Crippen LogP contribution in [-0.2, 0) is 4.74 Å². The first kappa shape index (κ1) is 19.7. The maximum atomic E-state index is 11.9. The van der Waals surface area contributed by atoms with Crippen LogP contribution < -0.4 is 4.90 Å². The fourth-order valence-electron chi connectivity index (χ4n) is 3.92. The Balaban J connectivity index is 0.00000210. The van der Waals surface area contributed by atoms with Gasteiger partial charge in [-0.1, -0.05) is 35.9 Å². The zero-order valence-electron chi connectivity index (χ0n) is 15.8. The number of piperazine rings is 1. The number of nitrogens with zero attached hydrogens (tertiary/aromatic N) is 2. The minimum Gasteiger partial charge on any atom is -0.454 e. The Morgan fingerprint density at radius 3 is 2.44 bits per heavy atom. The van der Waals surface area contributed by atoms with E-state index < -0.39 is 0 Å². The molecule has 0 radical (unpaired) electrons. The minimum absolute atomic E-state index is 0. The van der Waals surface area contributed by atoms with Crippen LogP contribution in [0.2, 0.25) is 0 Å². The van der Waals surface area contributed by atoms with E-state index in [0.717, 1.165) is 56.7 Å². The lowest BCUT2D eigenvalue weighted by Crippen LogP contribution is -2.46. The summed E-state index contributed by atoms with van der Waals surface area (Å²) >= 11 is 0. The van der Waals surface area contributed by atoms with Crippen LogP contribution in [0.25, 0.3) is 0 Å². The first-order valence-electron chi connectivity index (χ1n) is 9.54. The molecule has 4 nitrogen and oxygen atoms in total. The van der Waals surface area contributed by atoms with Gasteiger partial charge in [-0.2, -0.15) is 0 Å². The molecule has 0 bridgehead atoms. The molecule has 27 heavy (non-hydrogen) atoms. The quantitative estimate of drug-likeness (QED) is 0.720. The van der Waals surface area contributed by atoms with Gasteiger partial charge in [0.05, 0.1) is 5.56 Å². The maximum Gasteiger partial charge on any atom is 0.339 e. The highest BCUT2D eigenvalue weighted by Gasteiger charge is 2.30. The summed E-state index contributed by atoms with van der Waals surface area (Å²) in [7, 11) is 0. The molecular weight excluding hydrogens is 360 g/mol. The number of carbonyl (C=O) groups excluding carboxylic acids is 1. The molecule has 0 N–H and O–H groups in total. The van der Waals surface area contributed by atoms with E-state index in [0.29, 0.717) is 0 Å². The molecular formula is C22H27ClN2O2. The van der Waals surface area contributed by atoms with Gasteiger partial charge in [-0.05, 0) is 44.5 Å². The summed E-state index contributed by atoms with van der Waals surface area (Å²) in [6.07, 6.45) is 1.89. The van der Waals surface area contributed by atoms with E-state index in [4.69, 9.17) is 4.74 Å². The fourth-order valence-corrected chi connectivity index (χ4v) is 3.92. The Morgan fingerprint density at radius 1 is 1.00 bits per heavy atom. The summed E-state index contributed by atoms with van der Waals surface area (Å²) in [5, 5.41) is 0. The van der Waals surface area contributed by atoms with E-state index in [9.17, 15) is 4.79 Å². The normalized spacial score (nSPS) is 19.4. The lowest BCUT2D eigenvalue weighted by molar-refractivity contribution is 0.0358. The van der Waals surface area contributed by atoms with Gasteiger partial charge in [-0.15, -0.1) is 12.4 Å². The van der Waals surface area contributed by atoms with Gasteiger partial charge in [-0.3, -0.25) is 4.90 Å². The molecule has 0 saturated carbocycles. The summed E-state index contributed by atoms with van der Waals surface area (Å²) in [5.41, 5.74) is 4.43. The van der Waals surface area contributed by atoms with Gasteiger partial charge in [0.1, 0.15) is 6.10 Å². The second-order valence-electron chi connectivity index (χ2n) is 7.29. The van der Waals surface area contributed by atoms with Crippen LogP contribution in [0, 0.1) is 6.92 Å². The van der Waals surface area contributed by atoms with Crippen LogP contribution in [0.15, 0.2) is 48.5 Å². The monoisotopic (exact) mass is 386 g/mol. The number of halogens is 1. The molecule has 5 heteroatoms. The molecule has 1 saturated heterocycles. The van der Waals surface area contributed by atoms with Crippen LogP contribution in [0.5, 0.6) is 0 Å². The average Bonchev–Trinajstić information content (AvgIpc) is 2.99. The summed E-state index contributed by atoms with van der Waals surface area (Å²) in [4.78, 5) is 16.9. The van der Waals surface area contributed by atoms with Crippen LogP contribution in [0.3, 0.4) is 0 Å².